The average molecular weight is 383 g/mol. The van der Waals surface area contributed by atoms with Gasteiger partial charge in [0.1, 0.15) is 12.3 Å². The van der Waals surface area contributed by atoms with Gasteiger partial charge in [0.2, 0.25) is 5.78 Å². The summed E-state index contributed by atoms with van der Waals surface area (Å²) >= 11 is 0. The van der Waals surface area contributed by atoms with Crippen molar-refractivity contribution in [1.82, 2.24) is 4.57 Å². The number of hydrogen-bond acceptors (Lipinski definition) is 4. The van der Waals surface area contributed by atoms with Gasteiger partial charge in [-0.3, -0.25) is 4.79 Å². The minimum Gasteiger partial charge on any atom is -0.479 e. The Balaban J connectivity index is 1.97. The van der Waals surface area contributed by atoms with Crippen LogP contribution in [0, 0.1) is 13.8 Å². The van der Waals surface area contributed by atoms with Crippen molar-refractivity contribution in [3.8, 4) is 5.75 Å². The van der Waals surface area contributed by atoms with Crippen LogP contribution in [0.25, 0.3) is 0 Å². The third-order valence-electron chi connectivity index (χ3n) is 3.94. The minimum atomic E-state index is -4.40. The van der Waals surface area contributed by atoms with E-state index < -0.39 is 37.2 Å². The summed E-state index contributed by atoms with van der Waals surface area (Å²) in [7, 11) is 0. The molecule has 1 aromatic heterocycles. The summed E-state index contributed by atoms with van der Waals surface area (Å²) in [5, 5.41) is 0. The van der Waals surface area contributed by atoms with E-state index in [9.17, 15) is 22.8 Å². The predicted molar refractivity (Wildman–Crippen MR) is 91.8 cm³/mol. The summed E-state index contributed by atoms with van der Waals surface area (Å²) in [6.45, 7) is 2.64. The topological polar surface area (TPSA) is 57.5 Å². The Morgan fingerprint density at radius 3 is 2.37 bits per heavy atom. The molecule has 0 saturated heterocycles. The quantitative estimate of drug-likeness (QED) is 0.538. The normalized spacial score (nSPS) is 12.5. The molecule has 1 aromatic carbocycles. The fourth-order valence-electron chi connectivity index (χ4n) is 2.59. The molecular weight excluding hydrogens is 363 g/mol. The zero-order valence-electron chi connectivity index (χ0n) is 15.2. The highest BCUT2D eigenvalue weighted by Crippen LogP contribution is 2.23. The SMILES string of the molecule is Cc1cc(C(=O)COC(=O)C(C)Oc2ccccc2)c(C)n1CC(F)(F)F. The fraction of sp³-hybridized carbons (Fsp3) is 0.368. The second kappa shape index (κ2) is 8.28. The summed E-state index contributed by atoms with van der Waals surface area (Å²) in [5.74, 6) is -0.836. The molecule has 1 unspecified atom stereocenters. The molecule has 0 radical (unpaired) electrons. The van der Waals surface area contributed by atoms with E-state index in [1.807, 2.05) is 0 Å². The number of nitrogens with zero attached hydrogens (tertiary/aromatic N) is 1. The number of para-hydroxylation sites is 1. The van der Waals surface area contributed by atoms with Crippen LogP contribution in [0.3, 0.4) is 0 Å². The third kappa shape index (κ3) is 5.60. The molecule has 8 heteroatoms. The van der Waals surface area contributed by atoms with Gasteiger partial charge < -0.3 is 14.0 Å². The van der Waals surface area contributed by atoms with Crippen molar-refractivity contribution >= 4 is 11.8 Å². The van der Waals surface area contributed by atoms with Crippen LogP contribution in [0.4, 0.5) is 13.2 Å². The van der Waals surface area contributed by atoms with Gasteiger partial charge in [-0.15, -0.1) is 0 Å². The maximum atomic E-state index is 12.6. The van der Waals surface area contributed by atoms with E-state index in [2.05, 4.69) is 0 Å². The van der Waals surface area contributed by atoms with E-state index in [0.29, 0.717) is 11.4 Å². The maximum absolute atomic E-state index is 12.6. The molecule has 2 aromatic rings. The first-order valence-corrected chi connectivity index (χ1v) is 8.23. The first kappa shape index (κ1) is 20.5. The number of benzene rings is 1. The molecule has 5 nitrogen and oxygen atoms in total. The number of rotatable bonds is 7. The van der Waals surface area contributed by atoms with Gasteiger partial charge in [0.05, 0.1) is 0 Å². The Morgan fingerprint density at radius 2 is 1.78 bits per heavy atom. The van der Waals surface area contributed by atoms with Crippen molar-refractivity contribution in [1.29, 1.82) is 0 Å². The Hall–Kier alpha value is -2.77. The van der Waals surface area contributed by atoms with Crippen molar-refractivity contribution in [3.05, 3.63) is 53.3 Å². The summed E-state index contributed by atoms with van der Waals surface area (Å²) in [5.41, 5.74) is 0.584. The molecule has 146 valence electrons. The lowest BCUT2D eigenvalue weighted by atomic mass is 10.1. The van der Waals surface area contributed by atoms with Crippen LogP contribution in [0.15, 0.2) is 36.4 Å². The predicted octanol–water partition coefficient (Wildman–Crippen LogP) is 3.86. The van der Waals surface area contributed by atoms with E-state index in [4.69, 9.17) is 9.47 Å². The second-order valence-corrected chi connectivity index (χ2v) is 6.09. The number of hydrogen-bond donors (Lipinski definition) is 0. The molecule has 0 fully saturated rings. The maximum Gasteiger partial charge on any atom is 0.406 e. The smallest absolute Gasteiger partial charge is 0.406 e. The molecule has 0 spiro atoms. The monoisotopic (exact) mass is 383 g/mol. The first-order valence-electron chi connectivity index (χ1n) is 8.23. The molecule has 1 heterocycles. The number of halogens is 3. The van der Waals surface area contributed by atoms with Crippen molar-refractivity contribution in [3.63, 3.8) is 0 Å². The summed E-state index contributed by atoms with van der Waals surface area (Å²) in [6.07, 6.45) is -5.33. The number of esters is 1. The molecule has 27 heavy (non-hydrogen) atoms. The van der Waals surface area contributed by atoms with Crippen LogP contribution in [0.1, 0.15) is 28.7 Å². The van der Waals surface area contributed by atoms with Gasteiger partial charge in [0.15, 0.2) is 12.7 Å². The van der Waals surface area contributed by atoms with E-state index in [1.54, 1.807) is 30.3 Å². The fourth-order valence-corrected chi connectivity index (χ4v) is 2.59. The third-order valence-corrected chi connectivity index (χ3v) is 3.94. The van der Waals surface area contributed by atoms with E-state index >= 15 is 0 Å². The lowest BCUT2D eigenvalue weighted by molar-refractivity contribution is -0.149. The van der Waals surface area contributed by atoms with Gasteiger partial charge in [-0.1, -0.05) is 18.2 Å². The van der Waals surface area contributed by atoms with Gasteiger partial charge in [-0.05, 0) is 39.0 Å². The average Bonchev–Trinajstić information content (AvgIpc) is 2.87. The molecule has 0 bridgehead atoms. The molecular formula is C19H20F3NO4. The van der Waals surface area contributed by atoms with Crippen LogP contribution in [0.2, 0.25) is 0 Å². The number of carbonyl (C=O) groups is 2. The zero-order valence-corrected chi connectivity index (χ0v) is 15.2. The first-order chi connectivity index (χ1) is 12.6. The Kier molecular flexibility index (Phi) is 6.30. The Bertz CT molecular complexity index is 812. The molecule has 0 aliphatic rings. The zero-order chi connectivity index (χ0) is 20.2. The van der Waals surface area contributed by atoms with E-state index in [-0.39, 0.29) is 11.3 Å². The summed E-state index contributed by atoms with van der Waals surface area (Å²) in [4.78, 5) is 24.2. The molecule has 0 N–H and O–H groups in total. The molecule has 0 amide bonds. The summed E-state index contributed by atoms with van der Waals surface area (Å²) in [6, 6.07) is 9.99. The highest BCUT2D eigenvalue weighted by molar-refractivity contribution is 5.99. The van der Waals surface area contributed by atoms with Crippen molar-refractivity contribution in [2.45, 2.75) is 39.6 Å². The number of aryl methyl sites for hydroxylation is 1. The molecule has 0 aliphatic carbocycles. The van der Waals surface area contributed by atoms with Gasteiger partial charge in [0.25, 0.3) is 0 Å². The largest absolute Gasteiger partial charge is 0.479 e. The molecule has 0 aliphatic heterocycles. The van der Waals surface area contributed by atoms with E-state index in [0.717, 1.165) is 4.57 Å². The van der Waals surface area contributed by atoms with Crippen LogP contribution < -0.4 is 4.74 Å². The highest BCUT2D eigenvalue weighted by atomic mass is 19.4. The Morgan fingerprint density at radius 1 is 1.15 bits per heavy atom. The van der Waals surface area contributed by atoms with Crippen molar-refractivity contribution in [2.24, 2.45) is 0 Å². The van der Waals surface area contributed by atoms with Gasteiger partial charge >= 0.3 is 12.1 Å². The van der Waals surface area contributed by atoms with Gasteiger partial charge in [0, 0.05) is 17.0 Å². The van der Waals surface area contributed by atoms with Crippen LogP contribution in [-0.2, 0) is 16.1 Å². The van der Waals surface area contributed by atoms with Gasteiger partial charge in [-0.25, -0.2) is 4.79 Å². The minimum absolute atomic E-state index is 0.0983. The Labute approximate surface area is 154 Å². The number of alkyl halides is 3. The number of aromatic nitrogens is 1. The van der Waals surface area contributed by atoms with Crippen LogP contribution in [0.5, 0.6) is 5.75 Å². The number of Topliss-reactive ketones (excluding diaryl/α,β-unsaturated/α-hetero) is 1. The molecule has 1 atom stereocenters. The lowest BCUT2D eigenvalue weighted by Gasteiger charge is -2.14. The van der Waals surface area contributed by atoms with Crippen LogP contribution >= 0.6 is 0 Å². The van der Waals surface area contributed by atoms with Crippen molar-refractivity contribution in [2.75, 3.05) is 6.61 Å². The highest BCUT2D eigenvalue weighted by Gasteiger charge is 2.30. The number of carbonyl (C=O) groups excluding carboxylic acids is 2. The van der Waals surface area contributed by atoms with Crippen molar-refractivity contribution < 1.29 is 32.2 Å². The van der Waals surface area contributed by atoms with Gasteiger partial charge in [-0.2, -0.15) is 13.2 Å². The number of ether oxygens (including phenoxy) is 2. The van der Waals surface area contributed by atoms with E-state index in [1.165, 1.54) is 26.8 Å². The molecule has 0 saturated carbocycles. The summed E-state index contributed by atoms with van der Waals surface area (Å²) < 4.78 is 49.3. The number of ketones is 1. The second-order valence-electron chi connectivity index (χ2n) is 6.09. The van der Waals surface area contributed by atoms with Crippen LogP contribution in [-0.4, -0.2) is 35.2 Å². The molecule has 2 rings (SSSR count). The standard InChI is InChI=1S/C19H20F3NO4/c1-12-9-16(13(2)23(12)11-19(20,21)22)17(24)10-26-18(25)14(3)27-15-7-5-4-6-8-15/h4-9,14H,10-11H2,1-3H3. The lowest BCUT2D eigenvalue weighted by Crippen LogP contribution is -2.28.